The summed E-state index contributed by atoms with van der Waals surface area (Å²) in [5.41, 5.74) is -0.711. The number of amides is 3. The number of ether oxygens (including phenoxy) is 1. The Kier molecular flexibility index (Phi) is 8.35. The van der Waals surface area contributed by atoms with E-state index in [1.807, 2.05) is 12.2 Å². The van der Waals surface area contributed by atoms with Gasteiger partial charge in [-0.1, -0.05) is 54.6 Å². The molecule has 2 N–H and O–H groups in total. The van der Waals surface area contributed by atoms with Crippen molar-refractivity contribution < 1.29 is 19.1 Å². The first-order valence-electron chi connectivity index (χ1n) is 14.9. The molecule has 3 amide bonds. The average molecular weight is 605 g/mol. The normalized spacial score (nSPS) is 32.0. The minimum Gasteiger partial charge on any atom is -0.359 e. The number of nitrogens with one attached hydrogen (secondary N) is 2. The molecule has 4 fully saturated rings. The number of nitrogens with zero attached hydrogens (tertiary/aromatic N) is 3. The van der Waals surface area contributed by atoms with Gasteiger partial charge in [0.2, 0.25) is 17.7 Å². The molecule has 6 rings (SSSR count). The molecular formula is C30H39Cl2N5O4. The second-order valence-corrected chi connectivity index (χ2v) is 13.1. The minimum absolute atomic E-state index is 0.100. The van der Waals surface area contributed by atoms with Crippen LogP contribution in [0, 0.1) is 11.8 Å². The lowest BCUT2D eigenvalue weighted by Crippen LogP contribution is -2.56. The summed E-state index contributed by atoms with van der Waals surface area (Å²) < 4.78 is 6.47. The fourth-order valence-electron chi connectivity index (χ4n) is 7.42. The molecule has 1 saturated carbocycles. The largest absolute Gasteiger partial charge is 0.359 e. The van der Waals surface area contributed by atoms with Crippen molar-refractivity contribution in [1.82, 2.24) is 20.0 Å². The fourth-order valence-corrected chi connectivity index (χ4v) is 7.95. The van der Waals surface area contributed by atoms with Crippen molar-refractivity contribution in [2.45, 2.75) is 62.3 Å². The van der Waals surface area contributed by atoms with Crippen LogP contribution in [0.4, 0.5) is 5.69 Å². The van der Waals surface area contributed by atoms with Gasteiger partial charge in [-0.15, -0.1) is 0 Å². The summed E-state index contributed by atoms with van der Waals surface area (Å²) in [7, 11) is 2.13. The molecule has 0 unspecified atom stereocenters. The smallest absolute Gasteiger partial charge is 0.246 e. The first-order chi connectivity index (χ1) is 19.7. The maximum atomic E-state index is 14.2. The Morgan fingerprint density at radius 1 is 1.00 bits per heavy atom. The highest BCUT2D eigenvalue weighted by atomic mass is 35.5. The molecule has 5 aliphatic rings. The van der Waals surface area contributed by atoms with Crippen LogP contribution in [-0.4, -0.2) is 103 Å². The third-order valence-corrected chi connectivity index (χ3v) is 9.91. The van der Waals surface area contributed by atoms with E-state index in [1.165, 1.54) is 6.42 Å². The van der Waals surface area contributed by atoms with E-state index < -0.39 is 29.6 Å². The summed E-state index contributed by atoms with van der Waals surface area (Å²) in [6.45, 7) is 5.32. The van der Waals surface area contributed by atoms with Gasteiger partial charge in [-0.05, 0) is 51.1 Å². The third kappa shape index (κ3) is 5.64. The van der Waals surface area contributed by atoms with E-state index in [-0.39, 0.29) is 23.8 Å². The van der Waals surface area contributed by atoms with Crippen LogP contribution in [0.3, 0.4) is 0 Å². The number of likely N-dealkylation sites (N-methyl/N-ethyl adjacent to an activating group) is 1. The van der Waals surface area contributed by atoms with Gasteiger partial charge in [-0.2, -0.15) is 0 Å². The number of hydrogen-bond donors (Lipinski definition) is 2. The zero-order valence-corrected chi connectivity index (χ0v) is 25.0. The van der Waals surface area contributed by atoms with Gasteiger partial charge in [0.05, 0.1) is 17.9 Å². The SMILES string of the molecule is CN1CCN(CCCN2C(=O)[C@@H]3[C@@H](C(=O)Nc4cc(Cl)cc(Cl)c4)[C@@H]4C=C[C@@]3(O4)[C@H]2C(=O)NC2CCCCC2)CC1. The van der Waals surface area contributed by atoms with Gasteiger partial charge in [0.15, 0.2) is 0 Å². The predicted molar refractivity (Wildman–Crippen MR) is 158 cm³/mol. The molecular weight excluding hydrogens is 565 g/mol. The molecule has 1 aromatic carbocycles. The molecule has 9 nitrogen and oxygen atoms in total. The molecule has 2 bridgehead atoms. The van der Waals surface area contributed by atoms with Gasteiger partial charge in [-0.3, -0.25) is 14.4 Å². The van der Waals surface area contributed by atoms with E-state index in [0.717, 1.165) is 64.8 Å². The number of carbonyl (C=O) groups excluding carboxylic acids is 3. The number of benzene rings is 1. The van der Waals surface area contributed by atoms with E-state index in [1.54, 1.807) is 23.1 Å². The molecule has 4 aliphatic heterocycles. The van der Waals surface area contributed by atoms with Crippen molar-refractivity contribution in [1.29, 1.82) is 0 Å². The second kappa shape index (κ2) is 11.8. The first-order valence-corrected chi connectivity index (χ1v) is 15.7. The Morgan fingerprint density at radius 3 is 2.41 bits per heavy atom. The van der Waals surface area contributed by atoms with Crippen molar-refractivity contribution >= 4 is 46.6 Å². The molecule has 222 valence electrons. The van der Waals surface area contributed by atoms with Crippen LogP contribution in [0.15, 0.2) is 30.4 Å². The van der Waals surface area contributed by atoms with E-state index in [0.29, 0.717) is 22.3 Å². The summed E-state index contributed by atoms with van der Waals surface area (Å²) >= 11 is 12.3. The maximum Gasteiger partial charge on any atom is 0.246 e. The van der Waals surface area contributed by atoms with E-state index >= 15 is 0 Å². The van der Waals surface area contributed by atoms with E-state index in [9.17, 15) is 14.4 Å². The van der Waals surface area contributed by atoms with Crippen molar-refractivity contribution in [3.63, 3.8) is 0 Å². The molecule has 41 heavy (non-hydrogen) atoms. The van der Waals surface area contributed by atoms with Gasteiger partial charge in [0.1, 0.15) is 11.6 Å². The number of hydrogen-bond acceptors (Lipinski definition) is 6. The third-order valence-electron chi connectivity index (χ3n) is 9.48. The Hall–Kier alpha value is -2.17. The Morgan fingerprint density at radius 2 is 1.71 bits per heavy atom. The van der Waals surface area contributed by atoms with Crippen molar-refractivity contribution in [2.75, 3.05) is 51.6 Å². The Labute approximate surface area is 251 Å². The lowest BCUT2D eigenvalue weighted by molar-refractivity contribution is -0.141. The summed E-state index contributed by atoms with van der Waals surface area (Å²) in [6.07, 6.45) is 9.11. The van der Waals surface area contributed by atoms with Crippen molar-refractivity contribution in [2.24, 2.45) is 11.8 Å². The van der Waals surface area contributed by atoms with Crippen molar-refractivity contribution in [3.8, 4) is 0 Å². The molecule has 1 spiro atoms. The van der Waals surface area contributed by atoms with Crippen LogP contribution in [0.2, 0.25) is 10.0 Å². The highest BCUT2D eigenvalue weighted by Gasteiger charge is 2.72. The number of carbonyl (C=O) groups is 3. The van der Waals surface area contributed by atoms with Gasteiger partial charge >= 0.3 is 0 Å². The quantitative estimate of drug-likeness (QED) is 0.443. The molecule has 11 heteroatoms. The summed E-state index contributed by atoms with van der Waals surface area (Å²) in [4.78, 5) is 48.2. The Bertz CT molecular complexity index is 1200. The highest BCUT2D eigenvalue weighted by Crippen LogP contribution is 2.55. The minimum atomic E-state index is -1.16. The molecule has 3 saturated heterocycles. The van der Waals surface area contributed by atoms with Gasteiger partial charge in [0.25, 0.3) is 0 Å². The summed E-state index contributed by atoms with van der Waals surface area (Å²) in [5.74, 6) is -2.26. The number of halogens is 2. The standard InChI is InChI=1S/C30H39Cl2N5O4/c1-35-12-14-36(15-13-35)10-5-11-37-26(28(39)33-21-6-3-2-4-7-21)30-9-8-23(41-30)24(25(30)29(37)40)27(38)34-22-17-19(31)16-20(32)18-22/h8-9,16-18,21,23-26H,2-7,10-15H2,1H3,(H,33,39)(H,34,38)/t23-,24-,25-,26+,30-/m0/s1. The number of likely N-dealkylation sites (tertiary alicyclic amines) is 1. The molecule has 1 aromatic rings. The van der Waals surface area contributed by atoms with Crippen LogP contribution in [-0.2, 0) is 19.1 Å². The van der Waals surface area contributed by atoms with E-state index in [4.69, 9.17) is 27.9 Å². The van der Waals surface area contributed by atoms with Crippen molar-refractivity contribution in [3.05, 3.63) is 40.4 Å². The number of fused-ring (bicyclic) bond motifs is 1. The molecule has 0 radical (unpaired) electrons. The zero-order chi connectivity index (χ0) is 28.7. The molecule has 5 atom stereocenters. The van der Waals surface area contributed by atoms with Crippen LogP contribution >= 0.6 is 23.2 Å². The number of anilines is 1. The predicted octanol–water partition coefficient (Wildman–Crippen LogP) is 3.17. The van der Waals surface area contributed by atoms with Crippen LogP contribution in [0.25, 0.3) is 0 Å². The molecule has 4 heterocycles. The van der Waals surface area contributed by atoms with Gasteiger partial charge < -0.3 is 30.1 Å². The van der Waals surface area contributed by atoms with Crippen LogP contribution in [0.5, 0.6) is 0 Å². The van der Waals surface area contributed by atoms with E-state index in [2.05, 4.69) is 27.5 Å². The molecule has 0 aromatic heterocycles. The van der Waals surface area contributed by atoms with Crippen LogP contribution < -0.4 is 10.6 Å². The second-order valence-electron chi connectivity index (χ2n) is 12.2. The number of rotatable bonds is 8. The van der Waals surface area contributed by atoms with Crippen LogP contribution in [0.1, 0.15) is 38.5 Å². The zero-order valence-electron chi connectivity index (χ0n) is 23.5. The Balaban J connectivity index is 1.23. The highest BCUT2D eigenvalue weighted by molar-refractivity contribution is 6.35. The van der Waals surface area contributed by atoms with Gasteiger partial charge in [0, 0.05) is 54.5 Å². The fraction of sp³-hybridized carbons (Fsp3) is 0.633. The maximum absolute atomic E-state index is 14.2. The topological polar surface area (TPSA) is 94.2 Å². The lowest BCUT2D eigenvalue weighted by atomic mass is 9.74. The summed E-state index contributed by atoms with van der Waals surface area (Å²) in [5, 5.41) is 6.94. The lowest BCUT2D eigenvalue weighted by Gasteiger charge is -2.35. The molecule has 1 aliphatic carbocycles. The van der Waals surface area contributed by atoms with Gasteiger partial charge in [-0.25, -0.2) is 0 Å². The monoisotopic (exact) mass is 603 g/mol. The number of piperazine rings is 1. The first kappa shape index (κ1) is 28.9. The summed E-state index contributed by atoms with van der Waals surface area (Å²) in [6, 6.07) is 4.11. The average Bonchev–Trinajstić information content (AvgIpc) is 3.57.